The molecule has 0 aromatic carbocycles. The molecule has 1 saturated heterocycles. The van der Waals surface area contributed by atoms with Crippen molar-refractivity contribution in [2.75, 3.05) is 19.6 Å². The number of amides is 1. The number of nitrogens with one attached hydrogen (secondary N) is 1. The monoisotopic (exact) mass is 334 g/mol. The van der Waals surface area contributed by atoms with Crippen molar-refractivity contribution in [2.24, 2.45) is 5.92 Å². The lowest BCUT2D eigenvalue weighted by Crippen LogP contribution is -2.44. The molecule has 0 bridgehead atoms. The zero-order valence-corrected chi connectivity index (χ0v) is 16.1. The molecule has 1 fully saturated rings. The molecule has 2 atom stereocenters. The molecule has 24 heavy (non-hydrogen) atoms. The Bertz CT molecular complexity index is 544. The number of aryl methyl sites for hydroxylation is 1. The number of carbonyl (C=O) groups is 1. The standard InChI is InChI=1S/C19H34N4O/c1-14(12-23-18(5)16(3)17(4)21-23)19(24)20-15(2)13-22-10-8-6-7-9-11-22/h14-15H,6-13H2,1-5H3,(H,20,24). The van der Waals surface area contributed by atoms with Gasteiger partial charge in [0.05, 0.1) is 18.2 Å². The van der Waals surface area contributed by atoms with Crippen LogP contribution in [0.5, 0.6) is 0 Å². The van der Waals surface area contributed by atoms with Crippen molar-refractivity contribution < 1.29 is 4.79 Å². The van der Waals surface area contributed by atoms with E-state index in [4.69, 9.17) is 0 Å². The van der Waals surface area contributed by atoms with E-state index in [2.05, 4.69) is 36.1 Å². The molecule has 0 saturated carbocycles. The van der Waals surface area contributed by atoms with Gasteiger partial charge in [-0.3, -0.25) is 9.48 Å². The van der Waals surface area contributed by atoms with E-state index in [9.17, 15) is 4.79 Å². The van der Waals surface area contributed by atoms with Gasteiger partial charge in [0, 0.05) is 18.3 Å². The lowest BCUT2D eigenvalue weighted by atomic mass is 10.1. The Balaban J connectivity index is 1.82. The van der Waals surface area contributed by atoms with E-state index in [0.29, 0.717) is 6.54 Å². The highest BCUT2D eigenvalue weighted by molar-refractivity contribution is 5.78. The molecule has 5 heteroatoms. The van der Waals surface area contributed by atoms with Gasteiger partial charge in [0.15, 0.2) is 0 Å². The van der Waals surface area contributed by atoms with E-state index < -0.39 is 0 Å². The van der Waals surface area contributed by atoms with Gasteiger partial charge in [-0.15, -0.1) is 0 Å². The van der Waals surface area contributed by atoms with Crippen molar-refractivity contribution in [1.82, 2.24) is 20.0 Å². The average Bonchev–Trinajstić information content (AvgIpc) is 2.75. The van der Waals surface area contributed by atoms with Gasteiger partial charge in [-0.25, -0.2) is 0 Å². The van der Waals surface area contributed by atoms with Crippen LogP contribution >= 0.6 is 0 Å². The lowest BCUT2D eigenvalue weighted by Gasteiger charge is -2.25. The van der Waals surface area contributed by atoms with E-state index in [1.54, 1.807) is 0 Å². The Labute approximate surface area is 146 Å². The maximum atomic E-state index is 12.5. The van der Waals surface area contributed by atoms with Gasteiger partial charge in [-0.2, -0.15) is 5.10 Å². The third-order valence-electron chi connectivity index (χ3n) is 5.26. The molecule has 1 aliphatic rings. The molecule has 0 spiro atoms. The summed E-state index contributed by atoms with van der Waals surface area (Å²) in [6, 6.07) is 0.195. The first-order valence-corrected chi connectivity index (χ1v) is 9.41. The Hall–Kier alpha value is -1.36. The topological polar surface area (TPSA) is 50.2 Å². The molecule has 1 N–H and O–H groups in total. The van der Waals surface area contributed by atoms with Crippen molar-refractivity contribution in [3.63, 3.8) is 0 Å². The van der Waals surface area contributed by atoms with Crippen molar-refractivity contribution in [3.05, 3.63) is 17.0 Å². The van der Waals surface area contributed by atoms with Crippen LogP contribution in [0.15, 0.2) is 0 Å². The summed E-state index contributed by atoms with van der Waals surface area (Å²) in [7, 11) is 0. The second-order valence-corrected chi connectivity index (χ2v) is 7.50. The normalized spacial score (nSPS) is 18.9. The van der Waals surface area contributed by atoms with Gasteiger partial charge in [0.25, 0.3) is 0 Å². The number of nitrogens with zero attached hydrogens (tertiary/aromatic N) is 3. The van der Waals surface area contributed by atoms with E-state index in [0.717, 1.165) is 17.9 Å². The number of carbonyl (C=O) groups excluding carboxylic acids is 1. The quantitative estimate of drug-likeness (QED) is 0.870. The van der Waals surface area contributed by atoms with Crippen molar-refractivity contribution in [1.29, 1.82) is 0 Å². The first-order valence-electron chi connectivity index (χ1n) is 9.41. The van der Waals surface area contributed by atoms with E-state index >= 15 is 0 Å². The average molecular weight is 335 g/mol. The molecule has 1 amide bonds. The number of hydrogen-bond acceptors (Lipinski definition) is 3. The fraction of sp³-hybridized carbons (Fsp3) is 0.789. The first kappa shape index (κ1) is 19.0. The Morgan fingerprint density at radius 3 is 2.25 bits per heavy atom. The second kappa shape index (κ2) is 8.65. The lowest BCUT2D eigenvalue weighted by molar-refractivity contribution is -0.125. The summed E-state index contributed by atoms with van der Waals surface area (Å²) in [6.07, 6.45) is 5.26. The van der Waals surface area contributed by atoms with Crippen molar-refractivity contribution in [3.8, 4) is 0 Å². The highest BCUT2D eigenvalue weighted by atomic mass is 16.2. The highest BCUT2D eigenvalue weighted by Gasteiger charge is 2.19. The summed E-state index contributed by atoms with van der Waals surface area (Å²) in [5.74, 6) is 0.0523. The number of hydrogen-bond donors (Lipinski definition) is 1. The van der Waals surface area contributed by atoms with Crippen LogP contribution in [0.25, 0.3) is 0 Å². The number of likely N-dealkylation sites (tertiary alicyclic amines) is 1. The predicted octanol–water partition coefficient (Wildman–Crippen LogP) is 2.83. The molecule has 0 aliphatic carbocycles. The van der Waals surface area contributed by atoms with Crippen LogP contribution in [0.2, 0.25) is 0 Å². The SMILES string of the molecule is Cc1nn(CC(C)C(=O)NC(C)CN2CCCCCC2)c(C)c1C. The van der Waals surface area contributed by atoms with Gasteiger partial charge in [0.1, 0.15) is 0 Å². The van der Waals surface area contributed by atoms with Gasteiger partial charge < -0.3 is 10.2 Å². The van der Waals surface area contributed by atoms with Crippen LogP contribution in [0.3, 0.4) is 0 Å². The molecule has 2 heterocycles. The largest absolute Gasteiger partial charge is 0.352 e. The summed E-state index contributed by atoms with van der Waals surface area (Å²) in [5.41, 5.74) is 3.43. The fourth-order valence-corrected chi connectivity index (χ4v) is 3.44. The smallest absolute Gasteiger partial charge is 0.224 e. The van der Waals surface area contributed by atoms with Crippen LogP contribution in [-0.2, 0) is 11.3 Å². The number of aromatic nitrogens is 2. The maximum Gasteiger partial charge on any atom is 0.224 e. The third-order valence-corrected chi connectivity index (χ3v) is 5.26. The van der Waals surface area contributed by atoms with Crippen LogP contribution in [-0.4, -0.2) is 46.3 Å². The zero-order valence-electron chi connectivity index (χ0n) is 16.1. The molecule has 5 nitrogen and oxygen atoms in total. The fourth-order valence-electron chi connectivity index (χ4n) is 3.44. The van der Waals surface area contributed by atoms with Crippen molar-refractivity contribution in [2.45, 2.75) is 72.9 Å². The minimum Gasteiger partial charge on any atom is -0.352 e. The van der Waals surface area contributed by atoms with Crippen molar-refractivity contribution >= 4 is 5.91 Å². The van der Waals surface area contributed by atoms with Gasteiger partial charge in [-0.1, -0.05) is 19.8 Å². The van der Waals surface area contributed by atoms with Crippen LogP contribution in [0.1, 0.15) is 56.5 Å². The van der Waals surface area contributed by atoms with Crippen LogP contribution in [0.4, 0.5) is 0 Å². The first-order chi connectivity index (χ1) is 11.4. The molecule has 2 unspecified atom stereocenters. The summed E-state index contributed by atoms with van der Waals surface area (Å²) in [5, 5.41) is 7.73. The van der Waals surface area contributed by atoms with E-state index in [1.165, 1.54) is 44.3 Å². The zero-order chi connectivity index (χ0) is 17.7. The van der Waals surface area contributed by atoms with Crippen LogP contribution < -0.4 is 5.32 Å². The Kier molecular flexibility index (Phi) is 6.84. The van der Waals surface area contributed by atoms with Gasteiger partial charge >= 0.3 is 0 Å². The predicted molar refractivity (Wildman–Crippen MR) is 98.1 cm³/mol. The van der Waals surface area contributed by atoms with Crippen LogP contribution in [0, 0.1) is 26.7 Å². The maximum absolute atomic E-state index is 12.5. The Morgan fingerprint density at radius 2 is 1.71 bits per heavy atom. The molecule has 1 aliphatic heterocycles. The summed E-state index contributed by atoms with van der Waals surface area (Å²) >= 11 is 0. The molecule has 0 radical (unpaired) electrons. The molecule has 136 valence electrons. The molecule has 1 aromatic heterocycles. The van der Waals surface area contributed by atoms with Gasteiger partial charge in [0.2, 0.25) is 5.91 Å². The summed E-state index contributed by atoms with van der Waals surface area (Å²) < 4.78 is 1.97. The molecule has 2 rings (SSSR count). The summed E-state index contributed by atoms with van der Waals surface area (Å²) in [6.45, 7) is 14.2. The minimum absolute atomic E-state index is 0.0750. The highest BCUT2D eigenvalue weighted by Crippen LogP contribution is 2.13. The Morgan fingerprint density at radius 1 is 1.08 bits per heavy atom. The van der Waals surface area contributed by atoms with Gasteiger partial charge in [-0.05, 0) is 59.2 Å². The minimum atomic E-state index is -0.0750. The third kappa shape index (κ3) is 5.07. The van der Waals surface area contributed by atoms with E-state index in [-0.39, 0.29) is 17.9 Å². The van der Waals surface area contributed by atoms with E-state index in [1.807, 2.05) is 18.5 Å². The second-order valence-electron chi connectivity index (χ2n) is 7.50. The number of rotatable bonds is 6. The molecular formula is C19H34N4O. The molecular weight excluding hydrogens is 300 g/mol. The summed E-state index contributed by atoms with van der Waals surface area (Å²) in [4.78, 5) is 15.0. The molecule has 1 aromatic rings.